The minimum Gasteiger partial charge on any atom is -0.496 e. The van der Waals surface area contributed by atoms with Gasteiger partial charge in [0, 0.05) is 12.0 Å². The lowest BCUT2D eigenvalue weighted by Gasteiger charge is -2.24. The highest BCUT2D eigenvalue weighted by atomic mass is 79.9. The zero-order valence-electron chi connectivity index (χ0n) is 13.2. The first-order valence-electron chi connectivity index (χ1n) is 7.81. The Morgan fingerprint density at radius 3 is 2.86 bits per heavy atom. The summed E-state index contributed by atoms with van der Waals surface area (Å²) in [7, 11) is 1.70. The van der Waals surface area contributed by atoms with Crippen LogP contribution in [0.1, 0.15) is 32.3 Å². The summed E-state index contributed by atoms with van der Waals surface area (Å²) in [6, 6.07) is 6.84. The normalized spacial score (nSPS) is 23.2. The number of hydrogen-bond donors (Lipinski definition) is 1. The molecular formula is C17H26BrNO2. The lowest BCUT2D eigenvalue weighted by Crippen LogP contribution is -2.39. The second-order valence-corrected chi connectivity index (χ2v) is 6.73. The first-order chi connectivity index (χ1) is 10.1. The largest absolute Gasteiger partial charge is 0.496 e. The Labute approximate surface area is 136 Å². The van der Waals surface area contributed by atoms with Crippen LogP contribution < -0.4 is 10.1 Å². The predicted octanol–water partition coefficient (Wildman–Crippen LogP) is 3.79. The van der Waals surface area contributed by atoms with E-state index in [4.69, 9.17) is 9.47 Å². The Balaban J connectivity index is 2.05. The van der Waals surface area contributed by atoms with Gasteiger partial charge >= 0.3 is 0 Å². The molecule has 1 saturated heterocycles. The molecule has 1 heterocycles. The van der Waals surface area contributed by atoms with Gasteiger partial charge in [-0.1, -0.05) is 13.0 Å². The molecule has 3 nitrogen and oxygen atoms in total. The number of hydrogen-bond acceptors (Lipinski definition) is 3. The van der Waals surface area contributed by atoms with E-state index in [1.54, 1.807) is 7.11 Å². The van der Waals surface area contributed by atoms with Gasteiger partial charge in [0.2, 0.25) is 0 Å². The summed E-state index contributed by atoms with van der Waals surface area (Å²) < 4.78 is 12.1. The summed E-state index contributed by atoms with van der Waals surface area (Å²) in [4.78, 5) is 0. The van der Waals surface area contributed by atoms with Crippen LogP contribution in [0.5, 0.6) is 5.75 Å². The molecule has 0 aliphatic carbocycles. The van der Waals surface area contributed by atoms with Gasteiger partial charge in [0.1, 0.15) is 5.75 Å². The van der Waals surface area contributed by atoms with Crippen LogP contribution in [0.3, 0.4) is 0 Å². The molecule has 1 aliphatic rings. The maximum atomic E-state index is 5.76. The molecule has 4 heteroatoms. The molecule has 1 N–H and O–H groups in total. The van der Waals surface area contributed by atoms with Gasteiger partial charge < -0.3 is 14.8 Å². The first-order valence-corrected chi connectivity index (χ1v) is 8.60. The van der Waals surface area contributed by atoms with Gasteiger partial charge in [-0.25, -0.2) is 0 Å². The molecule has 0 spiro atoms. The van der Waals surface area contributed by atoms with Crippen molar-refractivity contribution in [1.29, 1.82) is 0 Å². The van der Waals surface area contributed by atoms with Crippen molar-refractivity contribution in [2.24, 2.45) is 5.92 Å². The van der Waals surface area contributed by atoms with Crippen LogP contribution in [-0.4, -0.2) is 32.4 Å². The Morgan fingerprint density at radius 1 is 1.48 bits per heavy atom. The van der Waals surface area contributed by atoms with Gasteiger partial charge in [-0.3, -0.25) is 0 Å². The molecule has 118 valence electrons. The number of benzene rings is 1. The van der Waals surface area contributed by atoms with Gasteiger partial charge in [0.05, 0.1) is 24.3 Å². The Bertz CT molecular complexity index is 452. The average Bonchev–Trinajstić information content (AvgIpc) is 2.90. The van der Waals surface area contributed by atoms with Gasteiger partial charge in [0.25, 0.3) is 0 Å². The van der Waals surface area contributed by atoms with E-state index in [-0.39, 0.29) is 0 Å². The summed E-state index contributed by atoms with van der Waals surface area (Å²) in [5.41, 5.74) is 1.33. The summed E-state index contributed by atoms with van der Waals surface area (Å²) in [5, 5.41) is 3.70. The molecule has 3 unspecified atom stereocenters. The van der Waals surface area contributed by atoms with Crippen LogP contribution in [0.15, 0.2) is 22.7 Å². The molecule has 1 aromatic rings. The van der Waals surface area contributed by atoms with Crippen molar-refractivity contribution in [1.82, 2.24) is 5.32 Å². The van der Waals surface area contributed by atoms with Crippen molar-refractivity contribution < 1.29 is 9.47 Å². The third-order valence-corrected chi connectivity index (χ3v) is 4.75. The van der Waals surface area contributed by atoms with E-state index in [1.165, 1.54) is 5.56 Å². The lowest BCUT2D eigenvalue weighted by atomic mass is 9.91. The maximum Gasteiger partial charge on any atom is 0.133 e. The van der Waals surface area contributed by atoms with E-state index in [1.807, 2.05) is 6.07 Å². The lowest BCUT2D eigenvalue weighted by molar-refractivity contribution is 0.117. The van der Waals surface area contributed by atoms with Crippen molar-refractivity contribution in [3.63, 3.8) is 0 Å². The zero-order chi connectivity index (χ0) is 15.2. The molecule has 2 rings (SSSR count). The molecule has 0 aromatic heterocycles. The molecule has 21 heavy (non-hydrogen) atoms. The van der Waals surface area contributed by atoms with E-state index in [0.29, 0.717) is 18.1 Å². The van der Waals surface area contributed by atoms with E-state index < -0.39 is 0 Å². The monoisotopic (exact) mass is 355 g/mol. The fraction of sp³-hybridized carbons (Fsp3) is 0.647. The van der Waals surface area contributed by atoms with Gasteiger partial charge in [-0.05, 0) is 66.4 Å². The Kier molecular flexibility index (Phi) is 6.52. The first kappa shape index (κ1) is 16.8. The van der Waals surface area contributed by atoms with Crippen LogP contribution in [-0.2, 0) is 11.2 Å². The van der Waals surface area contributed by atoms with Crippen molar-refractivity contribution >= 4 is 15.9 Å². The molecule has 0 bridgehead atoms. The standard InChI is InChI=1S/C17H26BrNO2/c1-4-7-19-16(14-8-12(2)21-11-14)10-13-5-6-17(20-3)15(18)9-13/h5-6,9,12,14,16,19H,4,7-8,10-11H2,1-3H3. The van der Waals surface area contributed by atoms with Crippen molar-refractivity contribution in [3.8, 4) is 5.75 Å². The van der Waals surface area contributed by atoms with Crippen LogP contribution >= 0.6 is 15.9 Å². The zero-order valence-corrected chi connectivity index (χ0v) is 14.8. The quantitative estimate of drug-likeness (QED) is 0.806. The molecule has 1 fully saturated rings. The Hall–Kier alpha value is -0.580. The number of halogens is 1. The third kappa shape index (κ3) is 4.70. The molecular weight excluding hydrogens is 330 g/mol. The maximum absolute atomic E-state index is 5.76. The minimum absolute atomic E-state index is 0.392. The van der Waals surface area contributed by atoms with Gasteiger partial charge in [0.15, 0.2) is 0 Å². The van der Waals surface area contributed by atoms with Crippen molar-refractivity contribution in [2.45, 2.75) is 45.3 Å². The second-order valence-electron chi connectivity index (χ2n) is 5.87. The second kappa shape index (κ2) is 8.16. The smallest absolute Gasteiger partial charge is 0.133 e. The van der Waals surface area contributed by atoms with Crippen LogP contribution in [0, 0.1) is 5.92 Å². The highest BCUT2D eigenvalue weighted by Gasteiger charge is 2.29. The highest BCUT2D eigenvalue weighted by Crippen LogP contribution is 2.28. The Morgan fingerprint density at radius 2 is 2.29 bits per heavy atom. The molecule has 1 aliphatic heterocycles. The summed E-state index contributed by atoms with van der Waals surface area (Å²) >= 11 is 3.57. The van der Waals surface area contributed by atoms with Gasteiger partial charge in [-0.2, -0.15) is 0 Å². The molecule has 0 amide bonds. The van der Waals surface area contributed by atoms with Crippen LogP contribution in [0.2, 0.25) is 0 Å². The SMILES string of the molecule is CCCNC(Cc1ccc(OC)c(Br)c1)C1COC(C)C1. The summed E-state index contributed by atoms with van der Waals surface area (Å²) in [5.74, 6) is 1.49. The van der Waals surface area contributed by atoms with E-state index in [9.17, 15) is 0 Å². The van der Waals surface area contributed by atoms with Gasteiger partial charge in [-0.15, -0.1) is 0 Å². The molecule has 0 radical (unpaired) electrons. The number of nitrogens with one attached hydrogen (secondary N) is 1. The van der Waals surface area contributed by atoms with E-state index in [0.717, 1.165) is 42.6 Å². The van der Waals surface area contributed by atoms with Crippen molar-refractivity contribution in [3.05, 3.63) is 28.2 Å². The third-order valence-electron chi connectivity index (χ3n) is 4.13. The highest BCUT2D eigenvalue weighted by molar-refractivity contribution is 9.10. The average molecular weight is 356 g/mol. The van der Waals surface area contributed by atoms with E-state index >= 15 is 0 Å². The minimum atomic E-state index is 0.392. The van der Waals surface area contributed by atoms with Crippen molar-refractivity contribution in [2.75, 3.05) is 20.3 Å². The molecule has 3 atom stereocenters. The summed E-state index contributed by atoms with van der Waals surface area (Å²) in [6.45, 7) is 6.31. The molecule has 0 saturated carbocycles. The molecule has 1 aromatic carbocycles. The summed E-state index contributed by atoms with van der Waals surface area (Å²) in [6.07, 6.45) is 3.73. The van der Waals surface area contributed by atoms with Crippen LogP contribution in [0.25, 0.3) is 0 Å². The number of rotatable bonds is 7. The number of methoxy groups -OCH3 is 1. The van der Waals surface area contributed by atoms with E-state index in [2.05, 4.69) is 47.2 Å². The fourth-order valence-corrected chi connectivity index (χ4v) is 3.54. The topological polar surface area (TPSA) is 30.5 Å². The fourth-order valence-electron chi connectivity index (χ4n) is 2.96. The predicted molar refractivity (Wildman–Crippen MR) is 90.0 cm³/mol. The number of ether oxygens (including phenoxy) is 2. The van der Waals surface area contributed by atoms with Crippen LogP contribution in [0.4, 0.5) is 0 Å².